The zero-order valence-corrected chi connectivity index (χ0v) is 19.7. The Hall–Kier alpha value is -3.55. The summed E-state index contributed by atoms with van der Waals surface area (Å²) in [5, 5.41) is 4.21. The summed E-state index contributed by atoms with van der Waals surface area (Å²) in [5.41, 5.74) is 9.92. The van der Waals surface area contributed by atoms with E-state index in [9.17, 15) is 4.79 Å². The maximum Gasteiger partial charge on any atom is 0.410 e. The van der Waals surface area contributed by atoms with Crippen LogP contribution in [-0.2, 0) is 17.7 Å². The van der Waals surface area contributed by atoms with Gasteiger partial charge in [-0.15, -0.1) is 0 Å². The van der Waals surface area contributed by atoms with Gasteiger partial charge in [0.1, 0.15) is 11.4 Å². The number of hydrogen-bond acceptors (Lipinski definition) is 7. The number of ether oxygens (including phenoxy) is 2. The zero-order chi connectivity index (χ0) is 23.8. The van der Waals surface area contributed by atoms with Crippen molar-refractivity contribution in [1.29, 1.82) is 0 Å². The van der Waals surface area contributed by atoms with Crippen LogP contribution in [0, 0.1) is 0 Å². The second kappa shape index (κ2) is 8.77. The smallest absolute Gasteiger partial charge is 0.410 e. The molecule has 1 aliphatic rings. The van der Waals surface area contributed by atoms with Crippen molar-refractivity contribution in [2.24, 2.45) is 0 Å². The molecule has 0 saturated heterocycles. The molecule has 0 bridgehead atoms. The van der Waals surface area contributed by atoms with Crippen molar-refractivity contribution in [3.8, 4) is 28.6 Å². The van der Waals surface area contributed by atoms with Gasteiger partial charge in [-0.1, -0.05) is 23.4 Å². The SMILES string of the molecule is CC(C)Oc1ccc(-c2nc(-c3cccc4c3CCN(C(=O)OC(C)(C)C)C4)no2)cc1N. The number of nitrogen functional groups attached to an aromatic ring is 1. The van der Waals surface area contributed by atoms with Gasteiger partial charge in [-0.25, -0.2) is 4.79 Å². The lowest BCUT2D eigenvalue weighted by Gasteiger charge is -2.31. The lowest BCUT2D eigenvalue weighted by molar-refractivity contribution is 0.0224. The molecule has 3 aromatic rings. The predicted octanol–water partition coefficient (Wildman–Crippen LogP) is 5.07. The van der Waals surface area contributed by atoms with Gasteiger partial charge in [0.15, 0.2) is 0 Å². The number of carbonyl (C=O) groups is 1. The lowest BCUT2D eigenvalue weighted by atomic mass is 9.94. The van der Waals surface area contributed by atoms with E-state index in [1.165, 1.54) is 0 Å². The van der Waals surface area contributed by atoms with Gasteiger partial charge in [0.05, 0.1) is 11.8 Å². The zero-order valence-electron chi connectivity index (χ0n) is 19.7. The van der Waals surface area contributed by atoms with Crippen LogP contribution in [0.15, 0.2) is 40.9 Å². The van der Waals surface area contributed by atoms with Crippen LogP contribution in [-0.4, -0.2) is 39.4 Å². The number of carbonyl (C=O) groups excluding carboxylic acids is 1. The number of nitrogens with two attached hydrogens (primary N) is 1. The number of benzene rings is 2. The molecule has 0 atom stereocenters. The fourth-order valence-corrected chi connectivity index (χ4v) is 3.79. The fourth-order valence-electron chi connectivity index (χ4n) is 3.79. The monoisotopic (exact) mass is 450 g/mol. The van der Waals surface area contributed by atoms with Crippen LogP contribution in [0.4, 0.5) is 10.5 Å². The highest BCUT2D eigenvalue weighted by atomic mass is 16.6. The number of rotatable bonds is 4. The maximum atomic E-state index is 12.5. The highest BCUT2D eigenvalue weighted by molar-refractivity contribution is 5.71. The van der Waals surface area contributed by atoms with E-state index >= 15 is 0 Å². The standard InChI is InChI=1S/C25H30N4O4/c1-15(2)31-21-10-9-16(13-20(21)26)23-27-22(28-33-23)19-8-6-7-17-14-29(12-11-18(17)19)24(30)32-25(3,4)5/h6-10,13,15H,11-12,14,26H2,1-5H3. The third kappa shape index (κ3) is 5.10. The molecule has 1 amide bonds. The Morgan fingerprint density at radius 3 is 2.70 bits per heavy atom. The normalized spacial score (nSPS) is 13.7. The summed E-state index contributed by atoms with van der Waals surface area (Å²) in [6.07, 6.45) is 0.412. The highest BCUT2D eigenvalue weighted by Gasteiger charge is 2.27. The largest absolute Gasteiger partial charge is 0.489 e. The molecule has 1 aromatic heterocycles. The predicted molar refractivity (Wildman–Crippen MR) is 126 cm³/mol. The number of nitrogens with zero attached hydrogens (tertiary/aromatic N) is 3. The molecule has 0 aliphatic carbocycles. The van der Waals surface area contributed by atoms with E-state index in [1.54, 1.807) is 11.0 Å². The molecular formula is C25H30N4O4. The van der Waals surface area contributed by atoms with E-state index in [4.69, 9.17) is 19.7 Å². The molecule has 2 N–H and O–H groups in total. The van der Waals surface area contributed by atoms with Crippen LogP contribution >= 0.6 is 0 Å². The Labute approximate surface area is 193 Å². The summed E-state index contributed by atoms with van der Waals surface area (Å²) in [4.78, 5) is 18.8. The molecule has 33 heavy (non-hydrogen) atoms. The summed E-state index contributed by atoms with van der Waals surface area (Å²) >= 11 is 0. The highest BCUT2D eigenvalue weighted by Crippen LogP contribution is 2.32. The van der Waals surface area contributed by atoms with Crippen LogP contribution in [0.25, 0.3) is 22.8 Å². The van der Waals surface area contributed by atoms with Gasteiger partial charge < -0.3 is 24.6 Å². The van der Waals surface area contributed by atoms with Crippen LogP contribution in [0.1, 0.15) is 45.7 Å². The van der Waals surface area contributed by atoms with Gasteiger partial charge >= 0.3 is 6.09 Å². The molecule has 2 heterocycles. The number of hydrogen-bond donors (Lipinski definition) is 1. The van der Waals surface area contributed by atoms with E-state index in [0.717, 1.165) is 22.3 Å². The summed E-state index contributed by atoms with van der Waals surface area (Å²) in [5.74, 6) is 1.52. The molecule has 8 heteroatoms. The quantitative estimate of drug-likeness (QED) is 0.554. The van der Waals surface area contributed by atoms with E-state index in [0.29, 0.717) is 42.7 Å². The topological polar surface area (TPSA) is 104 Å². The molecule has 1 aliphatic heterocycles. The molecule has 0 unspecified atom stereocenters. The third-order valence-corrected chi connectivity index (χ3v) is 5.20. The first-order valence-corrected chi connectivity index (χ1v) is 11.1. The summed E-state index contributed by atoms with van der Waals surface area (Å²) in [6.45, 7) is 10.6. The average molecular weight is 451 g/mol. The van der Waals surface area contributed by atoms with Crippen LogP contribution < -0.4 is 10.5 Å². The second-order valence-electron chi connectivity index (χ2n) is 9.44. The third-order valence-electron chi connectivity index (χ3n) is 5.20. The minimum Gasteiger partial charge on any atom is -0.489 e. The summed E-state index contributed by atoms with van der Waals surface area (Å²) in [6, 6.07) is 11.4. The van der Waals surface area contributed by atoms with Gasteiger partial charge in [0, 0.05) is 24.2 Å². The second-order valence-corrected chi connectivity index (χ2v) is 9.44. The van der Waals surface area contributed by atoms with Crippen LogP contribution in [0.2, 0.25) is 0 Å². The van der Waals surface area contributed by atoms with Crippen molar-refractivity contribution in [1.82, 2.24) is 15.0 Å². The molecule has 174 valence electrons. The van der Waals surface area contributed by atoms with Crippen molar-refractivity contribution < 1.29 is 18.8 Å². The van der Waals surface area contributed by atoms with Crippen molar-refractivity contribution in [2.75, 3.05) is 12.3 Å². The van der Waals surface area contributed by atoms with Crippen molar-refractivity contribution in [3.63, 3.8) is 0 Å². The van der Waals surface area contributed by atoms with Crippen molar-refractivity contribution in [2.45, 2.75) is 59.3 Å². The van der Waals surface area contributed by atoms with Gasteiger partial charge in [0.25, 0.3) is 5.89 Å². The minimum absolute atomic E-state index is 0.0312. The van der Waals surface area contributed by atoms with E-state index in [-0.39, 0.29) is 12.2 Å². The molecule has 0 fully saturated rings. The molecule has 0 spiro atoms. The van der Waals surface area contributed by atoms with Gasteiger partial charge in [-0.3, -0.25) is 0 Å². The van der Waals surface area contributed by atoms with Gasteiger partial charge in [0.2, 0.25) is 5.82 Å². The Morgan fingerprint density at radius 1 is 1.21 bits per heavy atom. The average Bonchev–Trinajstić information content (AvgIpc) is 3.23. The number of fused-ring (bicyclic) bond motifs is 1. The fraction of sp³-hybridized carbons (Fsp3) is 0.400. The van der Waals surface area contributed by atoms with Gasteiger partial charge in [-0.2, -0.15) is 4.98 Å². The first kappa shape index (κ1) is 22.6. The maximum absolute atomic E-state index is 12.5. The Bertz CT molecular complexity index is 1160. The Morgan fingerprint density at radius 2 is 2.00 bits per heavy atom. The number of aromatic nitrogens is 2. The Kier molecular flexibility index (Phi) is 6.01. The molecular weight excluding hydrogens is 420 g/mol. The van der Waals surface area contributed by atoms with Crippen LogP contribution in [0.5, 0.6) is 5.75 Å². The summed E-state index contributed by atoms with van der Waals surface area (Å²) in [7, 11) is 0. The van der Waals surface area contributed by atoms with Crippen LogP contribution in [0.3, 0.4) is 0 Å². The van der Waals surface area contributed by atoms with E-state index < -0.39 is 5.60 Å². The van der Waals surface area contributed by atoms with Crippen molar-refractivity contribution in [3.05, 3.63) is 47.5 Å². The van der Waals surface area contributed by atoms with Gasteiger partial charge in [-0.05, 0) is 70.4 Å². The number of anilines is 1. The number of amides is 1. The molecule has 2 aromatic carbocycles. The minimum atomic E-state index is -0.525. The molecule has 8 nitrogen and oxygen atoms in total. The van der Waals surface area contributed by atoms with Crippen molar-refractivity contribution >= 4 is 11.8 Å². The summed E-state index contributed by atoms with van der Waals surface area (Å²) < 4.78 is 16.8. The van der Waals surface area contributed by atoms with E-state index in [2.05, 4.69) is 10.1 Å². The molecule has 0 radical (unpaired) electrons. The van der Waals surface area contributed by atoms with E-state index in [1.807, 2.05) is 65.0 Å². The first-order chi connectivity index (χ1) is 15.6. The molecule has 4 rings (SSSR count). The lowest BCUT2D eigenvalue weighted by Crippen LogP contribution is -2.40. The molecule has 0 saturated carbocycles. The Balaban J connectivity index is 1.56. The first-order valence-electron chi connectivity index (χ1n) is 11.1.